The van der Waals surface area contributed by atoms with Gasteiger partial charge < -0.3 is 4.90 Å². The van der Waals surface area contributed by atoms with Crippen LogP contribution in [0.25, 0.3) is 6.08 Å². The lowest BCUT2D eigenvalue weighted by Gasteiger charge is -2.37. The highest BCUT2D eigenvalue weighted by Gasteiger charge is 2.71. The van der Waals surface area contributed by atoms with E-state index in [1.807, 2.05) is 66.4 Å². The summed E-state index contributed by atoms with van der Waals surface area (Å²) in [5.41, 5.74) is 3.31. The van der Waals surface area contributed by atoms with Crippen LogP contribution in [0, 0.1) is 12.3 Å². The van der Waals surface area contributed by atoms with Crippen molar-refractivity contribution in [2.24, 2.45) is 5.41 Å². The number of Topliss-reactive ketones (excluding diaryl/α,β-unsaturated/α-hetero) is 3. The van der Waals surface area contributed by atoms with Gasteiger partial charge in [-0.25, -0.2) is 0 Å². The average molecular weight is 434 g/mol. The van der Waals surface area contributed by atoms with Crippen LogP contribution in [-0.4, -0.2) is 29.4 Å². The Morgan fingerprint density at radius 3 is 2.15 bits per heavy atom. The number of hydrogen-bond donors (Lipinski definition) is 0. The molecule has 0 N–H and O–H groups in total. The summed E-state index contributed by atoms with van der Waals surface area (Å²) in [6.07, 6.45) is 3.95. The van der Waals surface area contributed by atoms with E-state index in [1.165, 1.54) is 0 Å². The maximum absolute atomic E-state index is 14.2. The summed E-state index contributed by atoms with van der Waals surface area (Å²) in [5.74, 6) is -1.01. The summed E-state index contributed by atoms with van der Waals surface area (Å²) in [5, 5.41) is 0. The zero-order valence-corrected chi connectivity index (χ0v) is 18.5. The van der Waals surface area contributed by atoms with Gasteiger partial charge in [-0.05, 0) is 36.6 Å². The SMILES string of the molecule is CC(=O)[C@H]1[C@H](c2ccccc2)C2(C(=O)c3ccccc3C2=O)[C@@H]2C=Cc3ccc(C)cc3N21. The van der Waals surface area contributed by atoms with E-state index in [9.17, 15) is 14.4 Å². The summed E-state index contributed by atoms with van der Waals surface area (Å²) in [6, 6.07) is 21.6. The fraction of sp³-hybridized carbons (Fsp3) is 0.207. The van der Waals surface area contributed by atoms with Gasteiger partial charge in [0.25, 0.3) is 0 Å². The monoisotopic (exact) mass is 433 g/mol. The molecule has 0 bridgehead atoms. The van der Waals surface area contributed by atoms with Gasteiger partial charge in [-0.1, -0.05) is 78.9 Å². The van der Waals surface area contributed by atoms with Crippen LogP contribution in [0.1, 0.15) is 50.2 Å². The van der Waals surface area contributed by atoms with Crippen molar-refractivity contribution >= 4 is 29.1 Å². The van der Waals surface area contributed by atoms with Crippen LogP contribution in [0.5, 0.6) is 0 Å². The van der Waals surface area contributed by atoms with Crippen molar-refractivity contribution in [1.29, 1.82) is 0 Å². The molecule has 3 aromatic carbocycles. The first-order valence-corrected chi connectivity index (χ1v) is 11.3. The number of benzene rings is 3. The van der Waals surface area contributed by atoms with Crippen LogP contribution in [0.2, 0.25) is 0 Å². The highest BCUT2D eigenvalue weighted by atomic mass is 16.2. The Morgan fingerprint density at radius 1 is 0.879 bits per heavy atom. The Morgan fingerprint density at radius 2 is 1.52 bits per heavy atom. The molecular formula is C29H23NO3. The van der Waals surface area contributed by atoms with Gasteiger partial charge in [-0.2, -0.15) is 0 Å². The largest absolute Gasteiger partial charge is 0.352 e. The lowest BCUT2D eigenvalue weighted by molar-refractivity contribution is -0.118. The average Bonchev–Trinajstić information content (AvgIpc) is 3.27. The number of rotatable bonds is 2. The Kier molecular flexibility index (Phi) is 4.12. The minimum Gasteiger partial charge on any atom is -0.352 e. The first kappa shape index (κ1) is 19.9. The molecule has 0 radical (unpaired) electrons. The van der Waals surface area contributed by atoms with Crippen molar-refractivity contribution in [3.8, 4) is 0 Å². The number of carbonyl (C=O) groups excluding carboxylic acids is 3. The van der Waals surface area contributed by atoms with E-state index in [0.717, 1.165) is 22.4 Å². The molecule has 162 valence electrons. The second-order valence-corrected chi connectivity index (χ2v) is 9.29. The Hall–Kier alpha value is -3.79. The molecule has 6 rings (SSSR count). The molecule has 1 saturated heterocycles. The van der Waals surface area contributed by atoms with Crippen molar-refractivity contribution < 1.29 is 14.4 Å². The van der Waals surface area contributed by atoms with Crippen molar-refractivity contribution in [2.45, 2.75) is 31.8 Å². The summed E-state index contributed by atoms with van der Waals surface area (Å²) >= 11 is 0. The zero-order chi connectivity index (χ0) is 22.9. The first-order chi connectivity index (χ1) is 16.0. The standard InChI is InChI=1S/C29H23NO3/c1-17-12-13-19-14-15-24-29(27(32)21-10-6-7-11-22(21)28(29)33)25(20-8-4-3-5-9-20)26(18(2)31)30(24)23(19)16-17/h3-16,24-26H,1-2H3/t24-,25-,26-/m0/s1. The number of fused-ring (bicyclic) bond motifs is 5. The first-order valence-electron chi connectivity index (χ1n) is 11.3. The van der Waals surface area contributed by atoms with E-state index < -0.39 is 23.4 Å². The van der Waals surface area contributed by atoms with Gasteiger partial charge in [0.05, 0.1) is 12.1 Å². The van der Waals surface area contributed by atoms with E-state index >= 15 is 0 Å². The van der Waals surface area contributed by atoms with Gasteiger partial charge in [0, 0.05) is 22.7 Å². The maximum Gasteiger partial charge on any atom is 0.180 e. The Labute approximate surface area is 192 Å². The molecule has 3 aromatic rings. The Bertz CT molecular complexity index is 1340. The minimum atomic E-state index is -1.39. The summed E-state index contributed by atoms with van der Waals surface area (Å²) in [7, 11) is 0. The molecule has 2 heterocycles. The quantitative estimate of drug-likeness (QED) is 0.533. The third-order valence-electron chi connectivity index (χ3n) is 7.54. The molecule has 1 spiro atoms. The van der Waals surface area contributed by atoms with Gasteiger partial charge in [0.2, 0.25) is 0 Å². The number of anilines is 1. The fourth-order valence-corrected chi connectivity index (χ4v) is 6.26. The predicted octanol–water partition coefficient (Wildman–Crippen LogP) is 5.02. The van der Waals surface area contributed by atoms with E-state index in [2.05, 4.69) is 6.07 Å². The van der Waals surface area contributed by atoms with Crippen LogP contribution in [0.3, 0.4) is 0 Å². The van der Waals surface area contributed by atoms with Gasteiger partial charge in [-0.15, -0.1) is 0 Å². The van der Waals surface area contributed by atoms with E-state index in [-0.39, 0.29) is 17.3 Å². The molecule has 2 aliphatic heterocycles. The number of ketones is 3. The molecule has 4 heteroatoms. The molecule has 3 aliphatic rings. The highest BCUT2D eigenvalue weighted by Crippen LogP contribution is 2.60. The molecule has 1 fully saturated rings. The third-order valence-corrected chi connectivity index (χ3v) is 7.54. The molecule has 0 unspecified atom stereocenters. The van der Waals surface area contributed by atoms with Crippen LogP contribution in [0.4, 0.5) is 5.69 Å². The van der Waals surface area contributed by atoms with Crippen molar-refractivity contribution in [3.63, 3.8) is 0 Å². The molecule has 3 atom stereocenters. The number of nitrogens with zero attached hydrogens (tertiary/aromatic N) is 1. The van der Waals surface area contributed by atoms with Gasteiger partial charge in [0.15, 0.2) is 17.3 Å². The molecule has 1 aliphatic carbocycles. The van der Waals surface area contributed by atoms with Crippen LogP contribution in [0.15, 0.2) is 78.9 Å². The van der Waals surface area contributed by atoms with Crippen LogP contribution in [-0.2, 0) is 4.79 Å². The van der Waals surface area contributed by atoms with Gasteiger partial charge in [-0.3, -0.25) is 14.4 Å². The fourth-order valence-electron chi connectivity index (χ4n) is 6.26. The normalized spacial score (nSPS) is 24.1. The highest BCUT2D eigenvalue weighted by molar-refractivity contribution is 6.32. The number of hydrogen-bond acceptors (Lipinski definition) is 4. The molecule has 4 nitrogen and oxygen atoms in total. The third kappa shape index (κ3) is 2.44. The van der Waals surface area contributed by atoms with Crippen molar-refractivity contribution in [2.75, 3.05) is 4.90 Å². The lowest BCUT2D eigenvalue weighted by atomic mass is 9.64. The molecule has 0 aromatic heterocycles. The lowest BCUT2D eigenvalue weighted by Crippen LogP contribution is -2.48. The molecule has 33 heavy (non-hydrogen) atoms. The summed E-state index contributed by atoms with van der Waals surface area (Å²) in [6.45, 7) is 3.58. The van der Waals surface area contributed by atoms with Crippen molar-refractivity contribution in [1.82, 2.24) is 0 Å². The van der Waals surface area contributed by atoms with Gasteiger partial charge in [0.1, 0.15) is 5.41 Å². The second-order valence-electron chi connectivity index (χ2n) is 9.29. The number of aryl methyl sites for hydroxylation is 1. The zero-order valence-electron chi connectivity index (χ0n) is 18.5. The van der Waals surface area contributed by atoms with Crippen LogP contribution < -0.4 is 4.90 Å². The summed E-state index contributed by atoms with van der Waals surface area (Å²) in [4.78, 5) is 43.8. The smallest absolute Gasteiger partial charge is 0.180 e. The molecule has 0 amide bonds. The second kappa shape index (κ2) is 6.85. The van der Waals surface area contributed by atoms with Gasteiger partial charge >= 0.3 is 0 Å². The molecular weight excluding hydrogens is 410 g/mol. The Balaban J connectivity index is 1.69. The van der Waals surface area contributed by atoms with E-state index in [0.29, 0.717) is 11.1 Å². The maximum atomic E-state index is 14.2. The molecule has 0 saturated carbocycles. The minimum absolute atomic E-state index is 0.0509. The number of carbonyl (C=O) groups is 3. The predicted molar refractivity (Wildman–Crippen MR) is 128 cm³/mol. The van der Waals surface area contributed by atoms with E-state index in [4.69, 9.17) is 0 Å². The van der Waals surface area contributed by atoms with E-state index in [1.54, 1.807) is 31.2 Å². The topological polar surface area (TPSA) is 54.5 Å². The summed E-state index contributed by atoms with van der Waals surface area (Å²) < 4.78 is 0. The van der Waals surface area contributed by atoms with Crippen molar-refractivity contribution in [3.05, 3.63) is 107 Å². The van der Waals surface area contributed by atoms with Crippen LogP contribution >= 0.6 is 0 Å².